The Hall–Kier alpha value is -1.26. The zero-order valence-corrected chi connectivity index (χ0v) is 9.88. The Bertz CT molecular complexity index is 494. The van der Waals surface area contributed by atoms with Gasteiger partial charge in [-0.3, -0.25) is 0 Å². The maximum Gasteiger partial charge on any atom is 0.133 e. The first-order valence-electron chi connectivity index (χ1n) is 4.78. The lowest BCUT2D eigenvalue weighted by molar-refractivity contribution is -0.108. The number of thiocarbonyl (C=S) groups is 2. The fraction of sp³-hybridized carbons (Fsp3) is 0.167. The molecule has 0 bridgehead atoms. The van der Waals surface area contributed by atoms with Crippen LogP contribution in [-0.4, -0.2) is 22.3 Å². The highest BCUT2D eigenvalue weighted by Crippen LogP contribution is 2.31. The number of fused-ring (bicyclic) bond motifs is 1. The number of rotatable bonds is 2. The molecule has 16 heavy (non-hydrogen) atoms. The Morgan fingerprint density at radius 1 is 1.00 bits per heavy atom. The molecule has 0 fully saturated rings. The molecule has 1 aliphatic rings. The van der Waals surface area contributed by atoms with Crippen LogP contribution in [0.2, 0.25) is 0 Å². The van der Waals surface area contributed by atoms with Gasteiger partial charge >= 0.3 is 0 Å². The van der Waals surface area contributed by atoms with Crippen LogP contribution in [0.5, 0.6) is 0 Å². The molecule has 1 aromatic rings. The van der Waals surface area contributed by atoms with Crippen LogP contribution in [0.3, 0.4) is 0 Å². The second-order valence-corrected chi connectivity index (χ2v) is 4.49. The van der Waals surface area contributed by atoms with Crippen molar-refractivity contribution < 1.29 is 9.59 Å². The quantitative estimate of drug-likeness (QED) is 0.591. The van der Waals surface area contributed by atoms with Crippen molar-refractivity contribution in [3.8, 4) is 0 Å². The summed E-state index contributed by atoms with van der Waals surface area (Å²) in [7, 11) is 0. The minimum absolute atomic E-state index is 0.411. The van der Waals surface area contributed by atoms with Gasteiger partial charge in [-0.1, -0.05) is 48.7 Å². The molecular formula is C12H8O2S2. The highest BCUT2D eigenvalue weighted by molar-refractivity contribution is 7.82. The van der Waals surface area contributed by atoms with Gasteiger partial charge in [0.05, 0.1) is 11.8 Å². The summed E-state index contributed by atoms with van der Waals surface area (Å²) >= 11 is 10.4. The first-order chi connectivity index (χ1) is 7.70. The second kappa shape index (κ2) is 4.31. The molecule has 2 nitrogen and oxygen atoms in total. The molecule has 0 heterocycles. The molecule has 0 radical (unpaired) electrons. The molecular weight excluding hydrogens is 240 g/mol. The van der Waals surface area contributed by atoms with Crippen LogP contribution >= 0.6 is 24.4 Å². The molecule has 1 aromatic carbocycles. The third-order valence-electron chi connectivity index (χ3n) is 2.73. The molecule has 2 atom stereocenters. The van der Waals surface area contributed by atoms with Crippen LogP contribution in [0.25, 0.3) is 0 Å². The van der Waals surface area contributed by atoms with Crippen LogP contribution in [0.4, 0.5) is 0 Å². The monoisotopic (exact) mass is 248 g/mol. The van der Waals surface area contributed by atoms with Crippen LogP contribution in [0.1, 0.15) is 17.0 Å². The zero-order valence-electron chi connectivity index (χ0n) is 8.25. The van der Waals surface area contributed by atoms with Gasteiger partial charge in [0.1, 0.15) is 12.6 Å². The third kappa shape index (κ3) is 1.54. The van der Waals surface area contributed by atoms with E-state index in [-0.39, 0.29) is 0 Å². The minimum atomic E-state index is -0.588. The van der Waals surface area contributed by atoms with E-state index in [0.29, 0.717) is 9.73 Å². The predicted octanol–water partition coefficient (Wildman–Crippen LogP) is 1.89. The standard InChI is InChI=1S/C12H8O2S2/c13-5-9-7-3-1-2-4-8(7)11(15)10(6-14)12(9)16/h1-6,9-10H. The summed E-state index contributed by atoms with van der Waals surface area (Å²) in [4.78, 5) is 22.9. The normalized spacial score (nSPS) is 23.8. The van der Waals surface area contributed by atoms with Gasteiger partial charge in [0.2, 0.25) is 0 Å². The summed E-state index contributed by atoms with van der Waals surface area (Å²) in [6.45, 7) is 0. The van der Waals surface area contributed by atoms with Crippen molar-refractivity contribution in [3.63, 3.8) is 0 Å². The molecule has 0 saturated heterocycles. The molecule has 0 saturated carbocycles. The fourth-order valence-corrected chi connectivity index (χ4v) is 2.70. The average Bonchev–Trinajstić information content (AvgIpc) is 2.30. The molecule has 2 unspecified atom stereocenters. The second-order valence-electron chi connectivity index (χ2n) is 3.58. The average molecular weight is 248 g/mol. The molecule has 0 aliphatic heterocycles. The van der Waals surface area contributed by atoms with Gasteiger partial charge in [-0.05, 0) is 11.1 Å². The maximum absolute atomic E-state index is 11.1. The number of hydrogen-bond donors (Lipinski definition) is 0. The van der Waals surface area contributed by atoms with Crippen LogP contribution < -0.4 is 0 Å². The minimum Gasteiger partial charge on any atom is -0.302 e. The zero-order chi connectivity index (χ0) is 11.7. The molecule has 4 heteroatoms. The number of benzene rings is 1. The lowest BCUT2D eigenvalue weighted by Crippen LogP contribution is -2.35. The first kappa shape index (κ1) is 11.2. The maximum atomic E-state index is 11.1. The molecule has 80 valence electrons. The molecule has 0 N–H and O–H groups in total. The van der Waals surface area contributed by atoms with Gasteiger partial charge in [0.25, 0.3) is 0 Å². The number of aldehydes is 2. The van der Waals surface area contributed by atoms with Gasteiger partial charge < -0.3 is 9.59 Å². The van der Waals surface area contributed by atoms with Crippen molar-refractivity contribution in [1.82, 2.24) is 0 Å². The van der Waals surface area contributed by atoms with Crippen molar-refractivity contribution in [2.24, 2.45) is 5.92 Å². The van der Waals surface area contributed by atoms with E-state index in [9.17, 15) is 9.59 Å². The van der Waals surface area contributed by atoms with E-state index in [1.165, 1.54) is 0 Å². The van der Waals surface area contributed by atoms with Gasteiger partial charge in [0.15, 0.2) is 0 Å². The Morgan fingerprint density at radius 3 is 2.25 bits per heavy atom. The molecule has 2 rings (SSSR count). The molecule has 1 aliphatic carbocycles. The summed E-state index contributed by atoms with van der Waals surface area (Å²) in [5.41, 5.74) is 1.60. The van der Waals surface area contributed by atoms with Gasteiger partial charge in [-0.25, -0.2) is 0 Å². The van der Waals surface area contributed by atoms with E-state index >= 15 is 0 Å². The SMILES string of the molecule is O=CC1C(=S)c2ccccc2C(C=O)C1=S. The summed E-state index contributed by atoms with van der Waals surface area (Å²) in [5, 5.41) is 0. The van der Waals surface area contributed by atoms with Gasteiger partial charge in [-0.15, -0.1) is 0 Å². The van der Waals surface area contributed by atoms with Crippen LogP contribution in [0, 0.1) is 5.92 Å². The first-order valence-corrected chi connectivity index (χ1v) is 5.59. The Kier molecular flexibility index (Phi) is 3.03. The van der Waals surface area contributed by atoms with E-state index in [1.54, 1.807) is 0 Å². The lowest BCUT2D eigenvalue weighted by atomic mass is 9.77. The van der Waals surface area contributed by atoms with Crippen molar-refractivity contribution in [2.75, 3.05) is 0 Å². The lowest BCUT2D eigenvalue weighted by Gasteiger charge is -2.27. The smallest absolute Gasteiger partial charge is 0.133 e. The highest BCUT2D eigenvalue weighted by atomic mass is 32.1. The highest BCUT2D eigenvalue weighted by Gasteiger charge is 2.34. The van der Waals surface area contributed by atoms with E-state index in [0.717, 1.165) is 23.7 Å². The third-order valence-corrected chi connectivity index (χ3v) is 3.71. The summed E-state index contributed by atoms with van der Waals surface area (Å²) in [5.74, 6) is -1.08. The Balaban J connectivity index is 2.65. The summed E-state index contributed by atoms with van der Waals surface area (Å²) < 4.78 is 0. The van der Waals surface area contributed by atoms with E-state index in [2.05, 4.69) is 0 Å². The molecule has 0 amide bonds. The summed E-state index contributed by atoms with van der Waals surface area (Å²) in [6.07, 6.45) is 1.50. The fourth-order valence-electron chi connectivity index (χ4n) is 1.91. The number of carbonyl (C=O) groups excluding carboxylic acids is 2. The van der Waals surface area contributed by atoms with E-state index in [1.807, 2.05) is 24.3 Å². The van der Waals surface area contributed by atoms with Crippen molar-refractivity contribution in [1.29, 1.82) is 0 Å². The van der Waals surface area contributed by atoms with Gasteiger partial charge in [-0.2, -0.15) is 0 Å². The molecule has 0 spiro atoms. The van der Waals surface area contributed by atoms with Gasteiger partial charge in [0, 0.05) is 9.73 Å². The Labute approximate surface area is 104 Å². The van der Waals surface area contributed by atoms with Crippen molar-refractivity contribution >= 4 is 46.7 Å². The number of carbonyl (C=O) groups is 2. The topological polar surface area (TPSA) is 34.1 Å². The van der Waals surface area contributed by atoms with Crippen molar-refractivity contribution in [2.45, 2.75) is 5.92 Å². The summed E-state index contributed by atoms with van der Waals surface area (Å²) in [6, 6.07) is 7.32. The predicted molar refractivity (Wildman–Crippen MR) is 69.1 cm³/mol. The largest absolute Gasteiger partial charge is 0.302 e. The van der Waals surface area contributed by atoms with Crippen LogP contribution in [0.15, 0.2) is 24.3 Å². The van der Waals surface area contributed by atoms with Crippen molar-refractivity contribution in [3.05, 3.63) is 35.4 Å². The van der Waals surface area contributed by atoms with E-state index in [4.69, 9.17) is 24.4 Å². The van der Waals surface area contributed by atoms with Crippen LogP contribution in [-0.2, 0) is 9.59 Å². The Morgan fingerprint density at radius 2 is 1.62 bits per heavy atom. The number of hydrogen-bond acceptors (Lipinski definition) is 4. The van der Waals surface area contributed by atoms with E-state index < -0.39 is 11.8 Å². The molecule has 0 aromatic heterocycles.